The van der Waals surface area contributed by atoms with Gasteiger partial charge in [-0.2, -0.15) is 0 Å². The van der Waals surface area contributed by atoms with Gasteiger partial charge >= 0.3 is 0 Å². The first-order chi connectivity index (χ1) is 14.6. The third kappa shape index (κ3) is 3.09. The summed E-state index contributed by atoms with van der Waals surface area (Å²) in [7, 11) is 0. The lowest BCUT2D eigenvalue weighted by atomic mass is 10.1. The van der Waals surface area contributed by atoms with Gasteiger partial charge in [-0.15, -0.1) is 0 Å². The molecule has 5 rings (SSSR count). The van der Waals surface area contributed by atoms with Gasteiger partial charge in [-0.05, 0) is 18.2 Å². The van der Waals surface area contributed by atoms with Crippen LogP contribution in [0.3, 0.4) is 0 Å². The number of rotatable bonds is 4. The normalized spacial score (nSPS) is 11.3. The summed E-state index contributed by atoms with van der Waals surface area (Å²) in [5.74, 6) is -1.58. The number of imidazole rings is 1. The second kappa shape index (κ2) is 7.27. The van der Waals surface area contributed by atoms with Crippen molar-refractivity contribution in [3.63, 3.8) is 0 Å². The van der Waals surface area contributed by atoms with E-state index >= 15 is 0 Å². The molecule has 0 aliphatic carbocycles. The Labute approximate surface area is 173 Å². The number of nitrogens with zero attached hydrogens (tertiary/aromatic N) is 5. The molecule has 0 saturated heterocycles. The van der Waals surface area contributed by atoms with E-state index in [-0.39, 0.29) is 17.6 Å². The molecule has 0 atom stereocenters. The van der Waals surface area contributed by atoms with E-state index < -0.39 is 11.6 Å². The van der Waals surface area contributed by atoms with Crippen LogP contribution in [0.1, 0.15) is 5.69 Å². The van der Waals surface area contributed by atoms with Crippen LogP contribution in [-0.4, -0.2) is 29.9 Å². The first-order valence-corrected chi connectivity index (χ1v) is 9.27. The van der Waals surface area contributed by atoms with E-state index in [1.54, 1.807) is 18.2 Å². The number of aromatic amines is 1. The van der Waals surface area contributed by atoms with Crippen LogP contribution < -0.4 is 5.32 Å². The van der Waals surface area contributed by atoms with Gasteiger partial charge in [-0.3, -0.25) is 0 Å². The first kappa shape index (κ1) is 18.3. The Morgan fingerprint density at radius 1 is 0.967 bits per heavy atom. The lowest BCUT2D eigenvalue weighted by molar-refractivity contribution is 0.515. The molecule has 0 bridgehead atoms. The molecule has 3 heterocycles. The predicted octanol–water partition coefficient (Wildman–Crippen LogP) is 4.51. The van der Waals surface area contributed by atoms with Crippen molar-refractivity contribution in [3.8, 4) is 11.3 Å². The molecular weight excluding hydrogens is 412 g/mol. The summed E-state index contributed by atoms with van der Waals surface area (Å²) in [5, 5.41) is 3.59. The van der Waals surface area contributed by atoms with Gasteiger partial charge < -0.3 is 10.3 Å². The molecule has 0 unspecified atom stereocenters. The largest absolute Gasteiger partial charge is 0.362 e. The highest BCUT2D eigenvalue weighted by molar-refractivity contribution is 6.33. The summed E-state index contributed by atoms with van der Waals surface area (Å²) in [6.07, 6.45) is 2.90. The average molecular weight is 424 g/mol. The van der Waals surface area contributed by atoms with Crippen molar-refractivity contribution >= 4 is 39.6 Å². The molecule has 0 amide bonds. The number of H-pyrrole nitrogens is 1. The Morgan fingerprint density at radius 2 is 1.83 bits per heavy atom. The third-order valence-electron chi connectivity index (χ3n) is 4.57. The minimum absolute atomic E-state index is 0.123. The quantitative estimate of drug-likeness (QED) is 0.442. The SMILES string of the molecule is Fc1ccc2nc(-c3ccccc3Cl)c(CNc3ncnc4[nH]cnc34)nc2c1F. The van der Waals surface area contributed by atoms with Crippen LogP contribution >= 0.6 is 11.6 Å². The molecule has 2 N–H and O–H groups in total. The Balaban J connectivity index is 1.64. The summed E-state index contributed by atoms with van der Waals surface area (Å²) < 4.78 is 28.1. The van der Waals surface area contributed by atoms with Crippen LogP contribution in [0.25, 0.3) is 33.5 Å². The number of nitrogens with one attached hydrogen (secondary N) is 2. The molecule has 0 fully saturated rings. The number of benzene rings is 2. The fourth-order valence-corrected chi connectivity index (χ4v) is 3.38. The Bertz CT molecular complexity index is 1400. The van der Waals surface area contributed by atoms with Crippen LogP contribution in [-0.2, 0) is 6.54 Å². The zero-order chi connectivity index (χ0) is 20.7. The smallest absolute Gasteiger partial charge is 0.186 e. The predicted molar refractivity (Wildman–Crippen MR) is 109 cm³/mol. The number of hydrogen-bond acceptors (Lipinski definition) is 6. The molecule has 148 valence electrons. The molecule has 5 aromatic rings. The number of anilines is 1. The standard InChI is InChI=1S/C20H12ClF2N7/c21-11-4-2-1-3-10(11)16-14(30-17-13(29-16)6-5-12(22)15(17)23)7-24-19-18-20(26-8-25-18)28-9-27-19/h1-6,8-9H,7H2,(H2,24,25,26,27,28). The summed E-state index contributed by atoms with van der Waals surface area (Å²) in [5.41, 5.74) is 2.64. The van der Waals surface area contributed by atoms with Gasteiger partial charge in [0.2, 0.25) is 0 Å². The lowest BCUT2D eigenvalue weighted by Gasteiger charge is -2.13. The van der Waals surface area contributed by atoms with E-state index in [2.05, 4.69) is 35.2 Å². The molecular formula is C20H12ClF2N7. The number of halogens is 3. The Hall–Kier alpha value is -3.72. The van der Waals surface area contributed by atoms with Crippen molar-refractivity contribution < 1.29 is 8.78 Å². The van der Waals surface area contributed by atoms with E-state index in [0.717, 1.165) is 6.07 Å². The molecule has 7 nitrogen and oxygen atoms in total. The monoisotopic (exact) mass is 423 g/mol. The highest BCUT2D eigenvalue weighted by atomic mass is 35.5. The van der Waals surface area contributed by atoms with Crippen LogP contribution in [0.4, 0.5) is 14.6 Å². The van der Waals surface area contributed by atoms with E-state index in [9.17, 15) is 8.78 Å². The maximum atomic E-state index is 14.4. The summed E-state index contributed by atoms with van der Waals surface area (Å²) in [4.78, 5) is 24.3. The van der Waals surface area contributed by atoms with Crippen molar-refractivity contribution in [2.24, 2.45) is 0 Å². The van der Waals surface area contributed by atoms with E-state index in [0.29, 0.717) is 39.0 Å². The van der Waals surface area contributed by atoms with E-state index in [4.69, 9.17) is 11.6 Å². The highest BCUT2D eigenvalue weighted by Crippen LogP contribution is 2.31. The lowest BCUT2D eigenvalue weighted by Crippen LogP contribution is -2.08. The summed E-state index contributed by atoms with van der Waals surface area (Å²) in [6, 6.07) is 9.53. The van der Waals surface area contributed by atoms with Gasteiger partial charge in [0, 0.05) is 5.56 Å². The minimum atomic E-state index is -1.05. The second-order valence-electron chi connectivity index (χ2n) is 6.40. The van der Waals surface area contributed by atoms with Crippen molar-refractivity contribution in [1.82, 2.24) is 29.9 Å². The molecule has 0 aliphatic heterocycles. The van der Waals surface area contributed by atoms with Gasteiger partial charge in [0.05, 0.1) is 34.8 Å². The molecule has 30 heavy (non-hydrogen) atoms. The van der Waals surface area contributed by atoms with Gasteiger partial charge in [0.1, 0.15) is 17.4 Å². The van der Waals surface area contributed by atoms with Crippen molar-refractivity contribution in [3.05, 3.63) is 71.4 Å². The number of aromatic nitrogens is 6. The zero-order valence-electron chi connectivity index (χ0n) is 15.2. The molecule has 3 aromatic heterocycles. The Kier molecular flexibility index (Phi) is 4.44. The maximum absolute atomic E-state index is 14.4. The summed E-state index contributed by atoms with van der Waals surface area (Å²) >= 11 is 6.36. The average Bonchev–Trinajstić information content (AvgIpc) is 3.24. The number of hydrogen-bond donors (Lipinski definition) is 2. The van der Waals surface area contributed by atoms with Crippen LogP contribution in [0.15, 0.2) is 49.1 Å². The van der Waals surface area contributed by atoms with E-state index in [1.165, 1.54) is 18.7 Å². The van der Waals surface area contributed by atoms with Crippen LogP contribution in [0.2, 0.25) is 5.02 Å². The minimum Gasteiger partial charge on any atom is -0.362 e. The molecule has 2 aromatic carbocycles. The highest BCUT2D eigenvalue weighted by Gasteiger charge is 2.18. The molecule has 10 heteroatoms. The fraction of sp³-hybridized carbons (Fsp3) is 0.0500. The topological polar surface area (TPSA) is 92.3 Å². The van der Waals surface area contributed by atoms with Crippen molar-refractivity contribution in [1.29, 1.82) is 0 Å². The van der Waals surface area contributed by atoms with Gasteiger partial charge in [0.25, 0.3) is 0 Å². The first-order valence-electron chi connectivity index (χ1n) is 8.89. The molecule has 0 spiro atoms. The van der Waals surface area contributed by atoms with Gasteiger partial charge in [-0.1, -0.05) is 29.8 Å². The molecule has 0 radical (unpaired) electrons. The maximum Gasteiger partial charge on any atom is 0.186 e. The fourth-order valence-electron chi connectivity index (χ4n) is 3.15. The summed E-state index contributed by atoms with van der Waals surface area (Å²) in [6.45, 7) is 0.123. The van der Waals surface area contributed by atoms with Crippen molar-refractivity contribution in [2.45, 2.75) is 6.54 Å². The van der Waals surface area contributed by atoms with E-state index in [1.807, 2.05) is 6.07 Å². The van der Waals surface area contributed by atoms with Gasteiger partial charge in [0.15, 0.2) is 23.1 Å². The second-order valence-corrected chi connectivity index (χ2v) is 6.81. The zero-order valence-corrected chi connectivity index (χ0v) is 16.0. The van der Waals surface area contributed by atoms with Crippen LogP contribution in [0, 0.1) is 11.6 Å². The van der Waals surface area contributed by atoms with Crippen LogP contribution in [0.5, 0.6) is 0 Å². The van der Waals surface area contributed by atoms with Crippen molar-refractivity contribution in [2.75, 3.05) is 5.32 Å². The Morgan fingerprint density at radius 3 is 2.70 bits per heavy atom. The molecule has 0 aliphatic rings. The third-order valence-corrected chi connectivity index (χ3v) is 4.90. The van der Waals surface area contributed by atoms with Gasteiger partial charge in [-0.25, -0.2) is 33.7 Å². The number of fused-ring (bicyclic) bond motifs is 2. The molecule has 0 saturated carbocycles.